The highest BCUT2D eigenvalue weighted by Crippen LogP contribution is 2.39. The number of Topliss-reactive ketones (excluding diaryl/α,β-unsaturated/α-hetero) is 1. The fraction of sp³-hybridized carbons (Fsp3) is 0.292. The fourth-order valence-corrected chi connectivity index (χ4v) is 4.90. The maximum atomic E-state index is 12.6. The average Bonchev–Trinajstić information content (AvgIpc) is 2.88. The largest absolute Gasteiger partial charge is 0.512 e. The van der Waals surface area contributed by atoms with Crippen LogP contribution in [0.1, 0.15) is 39.5 Å². The van der Waals surface area contributed by atoms with Crippen LogP contribution in [0.25, 0.3) is 10.8 Å². The number of allylic oxidation sites excluding steroid dienone is 4. The first-order valence-corrected chi connectivity index (χ1v) is 11.1. The number of fused-ring (bicyclic) bond motifs is 1. The van der Waals surface area contributed by atoms with Gasteiger partial charge in [-0.1, -0.05) is 36.4 Å². The predicted molar refractivity (Wildman–Crippen MR) is 123 cm³/mol. The van der Waals surface area contributed by atoms with Crippen molar-refractivity contribution in [3.8, 4) is 0 Å². The molecule has 6 heteroatoms. The molecule has 0 spiro atoms. The lowest BCUT2D eigenvalue weighted by Crippen LogP contribution is -2.39. The van der Waals surface area contributed by atoms with Gasteiger partial charge in [-0.25, -0.2) is 4.21 Å². The van der Waals surface area contributed by atoms with E-state index in [9.17, 15) is 18.7 Å². The summed E-state index contributed by atoms with van der Waals surface area (Å²) < 4.78 is 22.6. The Kier molecular flexibility index (Phi) is 6.90. The quantitative estimate of drug-likeness (QED) is 0.271. The van der Waals surface area contributed by atoms with E-state index in [4.69, 9.17) is 0 Å². The van der Waals surface area contributed by atoms with Gasteiger partial charge in [0, 0.05) is 5.69 Å². The van der Waals surface area contributed by atoms with E-state index in [0.717, 1.165) is 16.3 Å². The molecule has 0 saturated carbocycles. The molecule has 5 nitrogen and oxygen atoms in total. The van der Waals surface area contributed by atoms with Gasteiger partial charge in [-0.2, -0.15) is 0 Å². The first-order chi connectivity index (χ1) is 14.3. The lowest BCUT2D eigenvalue weighted by atomic mass is 9.96. The van der Waals surface area contributed by atoms with Gasteiger partial charge in [0.25, 0.3) is 0 Å². The van der Waals surface area contributed by atoms with Crippen LogP contribution in [0, 0.1) is 0 Å². The van der Waals surface area contributed by atoms with E-state index >= 15 is 0 Å². The molecule has 2 aromatic carbocycles. The molecule has 0 aromatic heterocycles. The second-order valence-electron chi connectivity index (χ2n) is 7.49. The number of anilines is 1. The van der Waals surface area contributed by atoms with Crippen LogP contribution < -0.4 is 4.90 Å². The molecule has 1 aliphatic heterocycles. The Morgan fingerprint density at radius 3 is 2.53 bits per heavy atom. The van der Waals surface area contributed by atoms with Gasteiger partial charge in [0.15, 0.2) is 16.9 Å². The number of hydrogen-bond donors (Lipinski definition) is 2. The molecule has 30 heavy (non-hydrogen) atoms. The maximum Gasteiger partial charge on any atom is 0.176 e. The van der Waals surface area contributed by atoms with Gasteiger partial charge in [0.1, 0.15) is 11.1 Å². The van der Waals surface area contributed by atoms with Crippen LogP contribution in [0.3, 0.4) is 0 Å². The van der Waals surface area contributed by atoms with Crippen LogP contribution in [-0.4, -0.2) is 25.0 Å². The molecule has 3 rings (SSSR count). The molecule has 1 heterocycles. The van der Waals surface area contributed by atoms with Crippen LogP contribution in [0.4, 0.5) is 5.69 Å². The SMILES string of the molecule is C=CCC1=C(C(C(C)=O)=C(C)O)N(c2ccc3ccccc3c2)C(S(=O)O)CCC1. The smallest absolute Gasteiger partial charge is 0.176 e. The highest BCUT2D eigenvalue weighted by Gasteiger charge is 2.35. The monoisotopic (exact) mass is 425 g/mol. The third kappa shape index (κ3) is 4.40. The molecule has 0 aliphatic carbocycles. The summed E-state index contributed by atoms with van der Waals surface area (Å²) in [5.41, 5.74) is 2.32. The molecule has 2 unspecified atom stereocenters. The first-order valence-electron chi connectivity index (χ1n) is 9.97. The summed E-state index contributed by atoms with van der Waals surface area (Å²) in [6.45, 7) is 6.72. The van der Waals surface area contributed by atoms with Crippen molar-refractivity contribution in [2.45, 2.75) is 44.9 Å². The van der Waals surface area contributed by atoms with E-state index in [-0.39, 0.29) is 17.1 Å². The second-order valence-corrected chi connectivity index (χ2v) is 8.58. The Morgan fingerprint density at radius 2 is 1.93 bits per heavy atom. The van der Waals surface area contributed by atoms with Crippen molar-refractivity contribution >= 4 is 33.3 Å². The summed E-state index contributed by atoms with van der Waals surface area (Å²) in [4.78, 5) is 14.3. The number of aliphatic hydroxyl groups excluding tert-OH is 1. The topological polar surface area (TPSA) is 77.8 Å². The highest BCUT2D eigenvalue weighted by molar-refractivity contribution is 7.80. The van der Waals surface area contributed by atoms with Crippen molar-refractivity contribution in [2.75, 3.05) is 4.90 Å². The molecule has 0 fully saturated rings. The van der Waals surface area contributed by atoms with E-state index in [0.29, 0.717) is 37.1 Å². The van der Waals surface area contributed by atoms with Gasteiger partial charge in [0.05, 0.1) is 11.3 Å². The number of carbonyl (C=O) groups is 1. The Morgan fingerprint density at radius 1 is 1.23 bits per heavy atom. The van der Waals surface area contributed by atoms with Crippen molar-refractivity contribution in [3.63, 3.8) is 0 Å². The van der Waals surface area contributed by atoms with Crippen LogP contribution in [0.2, 0.25) is 0 Å². The maximum absolute atomic E-state index is 12.6. The number of benzene rings is 2. The lowest BCUT2D eigenvalue weighted by Gasteiger charge is -2.34. The Bertz CT molecular complexity index is 1070. The fourth-order valence-electron chi connectivity index (χ4n) is 4.13. The molecule has 2 aromatic rings. The van der Waals surface area contributed by atoms with Crippen LogP contribution >= 0.6 is 0 Å². The minimum Gasteiger partial charge on any atom is -0.512 e. The molecule has 0 radical (unpaired) electrons. The number of ketones is 1. The Hall–Kier alpha value is -2.70. The summed E-state index contributed by atoms with van der Waals surface area (Å²) in [5, 5.41) is 11.7. The molecule has 0 amide bonds. The standard InChI is InChI=1S/C24H27NO4S/c1-4-8-19-11-7-12-22(30(28)29)25(24(19)23(16(2)26)17(3)27)21-14-13-18-9-5-6-10-20(18)15-21/h4-6,9-10,13-15,22,26H,1,7-8,11-12H2,2-3H3,(H,28,29). The molecular formula is C24H27NO4S. The summed E-state index contributed by atoms with van der Waals surface area (Å²) in [5.74, 6) is -0.393. The lowest BCUT2D eigenvalue weighted by molar-refractivity contribution is -0.113. The third-order valence-corrected chi connectivity index (χ3v) is 6.29. The van der Waals surface area contributed by atoms with Crippen molar-refractivity contribution in [1.29, 1.82) is 0 Å². The molecule has 158 valence electrons. The predicted octanol–water partition coefficient (Wildman–Crippen LogP) is 5.63. The molecule has 2 N–H and O–H groups in total. The van der Waals surface area contributed by atoms with Crippen molar-refractivity contribution in [2.24, 2.45) is 0 Å². The first kappa shape index (κ1) is 22.0. The summed E-state index contributed by atoms with van der Waals surface area (Å²) in [6, 6.07) is 13.7. The van der Waals surface area contributed by atoms with Crippen LogP contribution in [0.5, 0.6) is 0 Å². The summed E-state index contributed by atoms with van der Waals surface area (Å²) in [7, 11) is 0. The van der Waals surface area contributed by atoms with Crippen molar-refractivity contribution < 1.29 is 18.7 Å². The van der Waals surface area contributed by atoms with Gasteiger partial charge in [-0.15, -0.1) is 6.58 Å². The second kappa shape index (κ2) is 9.41. The highest BCUT2D eigenvalue weighted by atomic mass is 32.2. The molecular weight excluding hydrogens is 398 g/mol. The Balaban J connectivity index is 2.35. The van der Waals surface area contributed by atoms with Crippen LogP contribution in [-0.2, 0) is 15.9 Å². The van der Waals surface area contributed by atoms with Crippen LogP contribution in [0.15, 0.2) is 77.7 Å². The van der Waals surface area contributed by atoms with E-state index < -0.39 is 16.5 Å². The van der Waals surface area contributed by atoms with E-state index in [1.54, 1.807) is 11.0 Å². The normalized spacial score (nSPS) is 19.3. The van der Waals surface area contributed by atoms with E-state index in [1.807, 2.05) is 42.5 Å². The van der Waals surface area contributed by atoms with Gasteiger partial charge in [0.2, 0.25) is 0 Å². The van der Waals surface area contributed by atoms with Gasteiger partial charge in [-0.05, 0) is 68.0 Å². The minimum atomic E-state index is -2.16. The number of hydrogen-bond acceptors (Lipinski definition) is 4. The Labute approximate surface area is 179 Å². The van der Waals surface area contributed by atoms with Crippen molar-refractivity contribution in [1.82, 2.24) is 0 Å². The third-order valence-electron chi connectivity index (χ3n) is 5.38. The average molecular weight is 426 g/mol. The minimum absolute atomic E-state index is 0.103. The molecule has 0 bridgehead atoms. The molecule has 1 aliphatic rings. The summed E-state index contributed by atoms with van der Waals surface area (Å²) in [6.07, 6.45) is 4.12. The van der Waals surface area contributed by atoms with Gasteiger partial charge >= 0.3 is 0 Å². The van der Waals surface area contributed by atoms with E-state index in [1.165, 1.54) is 13.8 Å². The summed E-state index contributed by atoms with van der Waals surface area (Å²) >= 11 is -2.16. The number of nitrogens with zero attached hydrogens (tertiary/aromatic N) is 1. The zero-order valence-electron chi connectivity index (χ0n) is 17.3. The van der Waals surface area contributed by atoms with Gasteiger partial charge in [-0.3, -0.25) is 4.79 Å². The number of carbonyl (C=O) groups excluding carboxylic acids is 1. The number of aliphatic hydroxyl groups is 1. The molecule has 0 saturated heterocycles. The zero-order chi connectivity index (χ0) is 21.8. The number of rotatable bonds is 6. The molecule has 2 atom stereocenters. The van der Waals surface area contributed by atoms with Gasteiger partial charge < -0.3 is 14.6 Å². The van der Waals surface area contributed by atoms with Crippen molar-refractivity contribution in [3.05, 3.63) is 77.7 Å². The zero-order valence-corrected chi connectivity index (χ0v) is 18.1. The van der Waals surface area contributed by atoms with E-state index in [2.05, 4.69) is 6.58 Å².